The van der Waals surface area contributed by atoms with Gasteiger partial charge in [-0.25, -0.2) is 4.68 Å². The molecule has 2 aliphatic rings. The van der Waals surface area contributed by atoms with Gasteiger partial charge in [-0.05, 0) is 48.6 Å². The first-order valence-corrected chi connectivity index (χ1v) is 7.34. The van der Waals surface area contributed by atoms with E-state index < -0.39 is 5.60 Å². The summed E-state index contributed by atoms with van der Waals surface area (Å²) in [5.74, 6) is 0.543. The molecule has 0 radical (unpaired) electrons. The lowest BCUT2D eigenvalue weighted by atomic mass is 9.80. The van der Waals surface area contributed by atoms with Gasteiger partial charge in [0.05, 0.1) is 11.9 Å². The zero-order valence-corrected chi connectivity index (χ0v) is 11.7. The lowest BCUT2D eigenvalue weighted by Gasteiger charge is -2.33. The van der Waals surface area contributed by atoms with Gasteiger partial charge in [-0.2, -0.15) is 0 Å². The molecule has 1 aromatic carbocycles. The molecule has 1 heterocycles. The molecule has 104 valence electrons. The van der Waals surface area contributed by atoms with Crippen molar-refractivity contribution in [3.05, 3.63) is 47.3 Å². The van der Waals surface area contributed by atoms with Crippen LogP contribution in [-0.2, 0) is 25.5 Å². The molecule has 2 bridgehead atoms. The highest BCUT2D eigenvalue weighted by Gasteiger charge is 2.53. The molecule has 1 fully saturated rings. The molecule has 20 heavy (non-hydrogen) atoms. The first-order valence-electron chi connectivity index (χ1n) is 7.34. The minimum absolute atomic E-state index is 0.272. The van der Waals surface area contributed by atoms with Crippen molar-refractivity contribution in [2.24, 2.45) is 18.9 Å². The summed E-state index contributed by atoms with van der Waals surface area (Å²) in [5.41, 5.74) is 2.89. The zero-order valence-electron chi connectivity index (χ0n) is 11.7. The lowest BCUT2D eigenvalue weighted by Crippen LogP contribution is -2.39. The fraction of sp³-hybridized carbons (Fsp3) is 0.500. The second-order valence-corrected chi connectivity index (χ2v) is 6.22. The van der Waals surface area contributed by atoms with E-state index in [-0.39, 0.29) is 11.8 Å². The SMILES string of the molecule is Cn1nncc1C1(O)C2CCC1Cc1ccccc1C2. The summed E-state index contributed by atoms with van der Waals surface area (Å²) in [6.45, 7) is 0. The second-order valence-electron chi connectivity index (χ2n) is 6.22. The van der Waals surface area contributed by atoms with Gasteiger partial charge in [0.15, 0.2) is 0 Å². The van der Waals surface area contributed by atoms with Crippen LogP contribution in [0.1, 0.15) is 29.7 Å². The van der Waals surface area contributed by atoms with Gasteiger partial charge in [-0.1, -0.05) is 29.5 Å². The Morgan fingerprint density at radius 3 is 2.25 bits per heavy atom. The van der Waals surface area contributed by atoms with Crippen LogP contribution >= 0.6 is 0 Å². The molecule has 0 amide bonds. The topological polar surface area (TPSA) is 50.9 Å². The maximum Gasteiger partial charge on any atom is 0.114 e. The maximum atomic E-state index is 11.5. The number of nitrogens with zero attached hydrogens (tertiary/aromatic N) is 3. The summed E-state index contributed by atoms with van der Waals surface area (Å²) in [6.07, 6.45) is 5.81. The van der Waals surface area contributed by atoms with Crippen LogP contribution in [0.3, 0.4) is 0 Å². The van der Waals surface area contributed by atoms with E-state index in [9.17, 15) is 5.11 Å². The predicted molar refractivity (Wildman–Crippen MR) is 75.0 cm³/mol. The van der Waals surface area contributed by atoms with Gasteiger partial charge in [0.2, 0.25) is 0 Å². The second kappa shape index (κ2) is 4.16. The molecule has 2 aliphatic carbocycles. The third-order valence-electron chi connectivity index (χ3n) is 5.28. The van der Waals surface area contributed by atoms with E-state index in [0.29, 0.717) is 0 Å². The third-order valence-corrected chi connectivity index (χ3v) is 5.28. The number of aliphatic hydroxyl groups is 1. The number of aromatic nitrogens is 3. The molecule has 4 heteroatoms. The third kappa shape index (κ3) is 1.51. The highest BCUT2D eigenvalue weighted by atomic mass is 16.3. The monoisotopic (exact) mass is 269 g/mol. The summed E-state index contributed by atoms with van der Waals surface area (Å²) in [4.78, 5) is 0. The van der Waals surface area contributed by atoms with Crippen LogP contribution in [0.2, 0.25) is 0 Å². The Morgan fingerprint density at radius 2 is 1.75 bits per heavy atom. The van der Waals surface area contributed by atoms with E-state index in [2.05, 4.69) is 34.6 Å². The minimum Gasteiger partial charge on any atom is -0.383 e. The molecular weight excluding hydrogens is 250 g/mol. The lowest BCUT2D eigenvalue weighted by molar-refractivity contribution is -0.0464. The molecule has 2 aromatic rings. The van der Waals surface area contributed by atoms with Crippen LogP contribution in [0.5, 0.6) is 0 Å². The minimum atomic E-state index is -0.780. The Morgan fingerprint density at radius 1 is 1.15 bits per heavy atom. The molecule has 0 spiro atoms. The summed E-state index contributed by atoms with van der Waals surface area (Å²) in [5, 5.41) is 19.5. The van der Waals surface area contributed by atoms with Gasteiger partial charge >= 0.3 is 0 Å². The largest absolute Gasteiger partial charge is 0.383 e. The molecule has 2 unspecified atom stereocenters. The highest BCUT2D eigenvalue weighted by Crippen LogP contribution is 2.52. The number of benzene rings is 1. The molecule has 1 N–H and O–H groups in total. The van der Waals surface area contributed by atoms with Crippen molar-refractivity contribution in [2.75, 3.05) is 0 Å². The van der Waals surface area contributed by atoms with E-state index in [4.69, 9.17) is 0 Å². The quantitative estimate of drug-likeness (QED) is 0.859. The molecular formula is C16H19N3O. The van der Waals surface area contributed by atoms with Crippen LogP contribution in [-0.4, -0.2) is 20.1 Å². The van der Waals surface area contributed by atoms with Crippen molar-refractivity contribution in [3.63, 3.8) is 0 Å². The van der Waals surface area contributed by atoms with Crippen molar-refractivity contribution < 1.29 is 5.11 Å². The zero-order chi connectivity index (χ0) is 13.7. The first-order chi connectivity index (χ1) is 9.69. The van der Waals surface area contributed by atoms with Crippen molar-refractivity contribution >= 4 is 0 Å². The first kappa shape index (κ1) is 12.1. The summed E-state index contributed by atoms with van der Waals surface area (Å²) in [6, 6.07) is 8.61. The molecule has 0 aliphatic heterocycles. The average Bonchev–Trinajstić information content (AvgIpc) is 2.94. The number of rotatable bonds is 1. The predicted octanol–water partition coefficient (Wildman–Crippen LogP) is 1.83. The summed E-state index contributed by atoms with van der Waals surface area (Å²) >= 11 is 0. The highest BCUT2D eigenvalue weighted by molar-refractivity contribution is 5.33. The van der Waals surface area contributed by atoms with E-state index in [1.165, 1.54) is 11.1 Å². The molecule has 0 saturated heterocycles. The van der Waals surface area contributed by atoms with Crippen LogP contribution in [0.4, 0.5) is 0 Å². The Balaban J connectivity index is 1.83. The number of hydrogen-bond acceptors (Lipinski definition) is 3. The van der Waals surface area contributed by atoms with E-state index in [1.807, 2.05) is 7.05 Å². The average molecular weight is 269 g/mol. The molecule has 2 atom stereocenters. The van der Waals surface area contributed by atoms with Gasteiger partial charge in [0, 0.05) is 7.05 Å². The fourth-order valence-electron chi connectivity index (χ4n) is 4.25. The van der Waals surface area contributed by atoms with Crippen LogP contribution in [0.15, 0.2) is 30.5 Å². The van der Waals surface area contributed by atoms with Gasteiger partial charge in [-0.3, -0.25) is 0 Å². The smallest absolute Gasteiger partial charge is 0.114 e. The van der Waals surface area contributed by atoms with Gasteiger partial charge in [0.1, 0.15) is 5.60 Å². The Bertz CT molecular complexity index is 616. The van der Waals surface area contributed by atoms with E-state index in [0.717, 1.165) is 31.4 Å². The fourth-order valence-corrected chi connectivity index (χ4v) is 4.25. The Kier molecular flexibility index (Phi) is 2.51. The number of aryl methyl sites for hydroxylation is 1. The summed E-state index contributed by atoms with van der Waals surface area (Å²) in [7, 11) is 1.87. The Hall–Kier alpha value is -1.68. The number of hydrogen-bond donors (Lipinski definition) is 1. The van der Waals surface area contributed by atoms with Crippen molar-refractivity contribution in [3.8, 4) is 0 Å². The van der Waals surface area contributed by atoms with E-state index in [1.54, 1.807) is 10.9 Å². The normalized spacial score (nSPS) is 31.9. The van der Waals surface area contributed by atoms with Gasteiger partial charge in [0.25, 0.3) is 0 Å². The Labute approximate surface area is 118 Å². The van der Waals surface area contributed by atoms with Crippen LogP contribution in [0.25, 0.3) is 0 Å². The van der Waals surface area contributed by atoms with Crippen LogP contribution in [0, 0.1) is 11.8 Å². The van der Waals surface area contributed by atoms with Crippen molar-refractivity contribution in [1.82, 2.24) is 15.0 Å². The van der Waals surface area contributed by atoms with Crippen molar-refractivity contribution in [2.45, 2.75) is 31.3 Å². The summed E-state index contributed by atoms with van der Waals surface area (Å²) < 4.78 is 1.74. The molecule has 1 aromatic heterocycles. The van der Waals surface area contributed by atoms with E-state index >= 15 is 0 Å². The standard InChI is InChI=1S/C16H19N3O/c1-19-15(10-17-18-19)16(20)13-6-7-14(16)9-12-5-3-2-4-11(12)8-13/h2-5,10,13-14,20H,6-9H2,1H3. The van der Waals surface area contributed by atoms with Gasteiger partial charge < -0.3 is 5.11 Å². The van der Waals surface area contributed by atoms with Crippen molar-refractivity contribution in [1.29, 1.82) is 0 Å². The number of fused-ring (bicyclic) bond motifs is 3. The maximum absolute atomic E-state index is 11.5. The van der Waals surface area contributed by atoms with Gasteiger partial charge in [-0.15, -0.1) is 5.10 Å². The molecule has 1 saturated carbocycles. The molecule has 4 rings (SSSR count). The van der Waals surface area contributed by atoms with Crippen LogP contribution < -0.4 is 0 Å². The molecule has 4 nitrogen and oxygen atoms in total.